The number of aliphatic imine (C=N–C) groups is 1. The van der Waals surface area contributed by atoms with Gasteiger partial charge in [0.2, 0.25) is 5.90 Å². The van der Waals surface area contributed by atoms with Crippen molar-refractivity contribution in [3.05, 3.63) is 116 Å². The first-order valence-electron chi connectivity index (χ1n) is 10.3. The molecule has 0 bridgehead atoms. The van der Waals surface area contributed by atoms with Crippen LogP contribution in [0.15, 0.2) is 105 Å². The summed E-state index contributed by atoms with van der Waals surface area (Å²) in [4.78, 5) is 29.3. The number of benzene rings is 4. The molecule has 0 aliphatic carbocycles. The van der Waals surface area contributed by atoms with Crippen LogP contribution in [0.5, 0.6) is 5.75 Å². The third-order valence-electron chi connectivity index (χ3n) is 5.15. The van der Waals surface area contributed by atoms with Gasteiger partial charge in [0.25, 0.3) is 0 Å². The molecule has 4 aromatic rings. The maximum absolute atomic E-state index is 12.5. The quantitative estimate of drug-likeness (QED) is 0.150. The fourth-order valence-electron chi connectivity index (χ4n) is 3.50. The van der Waals surface area contributed by atoms with E-state index in [1.54, 1.807) is 42.5 Å². The van der Waals surface area contributed by atoms with Crippen LogP contribution in [-0.4, -0.2) is 17.8 Å². The summed E-state index contributed by atoms with van der Waals surface area (Å²) in [7, 11) is 0. The molecule has 0 unspecified atom stereocenters. The van der Waals surface area contributed by atoms with E-state index in [1.807, 2.05) is 48.5 Å². The molecule has 5 rings (SSSR count). The Morgan fingerprint density at radius 1 is 0.853 bits per heavy atom. The van der Waals surface area contributed by atoms with Gasteiger partial charge in [-0.15, -0.1) is 0 Å². The minimum absolute atomic E-state index is 0.177. The second kappa shape index (κ2) is 9.37. The molecule has 1 heterocycles. The van der Waals surface area contributed by atoms with E-state index >= 15 is 0 Å². The molecule has 0 saturated carbocycles. The summed E-state index contributed by atoms with van der Waals surface area (Å²) < 4.78 is 12.1. The summed E-state index contributed by atoms with van der Waals surface area (Å²) in [6.45, 7) is 0. The molecule has 0 radical (unpaired) electrons. The number of esters is 2. The summed E-state index contributed by atoms with van der Waals surface area (Å²) in [5.41, 5.74) is 2.02. The molecule has 34 heavy (non-hydrogen) atoms. The first-order valence-corrected chi connectivity index (χ1v) is 11.8. The van der Waals surface area contributed by atoms with Crippen molar-refractivity contribution in [3.8, 4) is 5.75 Å². The van der Waals surface area contributed by atoms with Crippen LogP contribution in [0.2, 0.25) is 0 Å². The molecule has 0 fully saturated rings. The highest BCUT2D eigenvalue weighted by Gasteiger charge is 2.25. The van der Waals surface area contributed by atoms with Gasteiger partial charge in [0.15, 0.2) is 11.4 Å². The molecule has 1 aliphatic rings. The van der Waals surface area contributed by atoms with Crippen LogP contribution in [0, 0.1) is 0 Å². The maximum atomic E-state index is 12.5. The fraction of sp³-hybridized carbons (Fsp3) is 0. The van der Waals surface area contributed by atoms with Crippen molar-refractivity contribution in [2.24, 2.45) is 4.99 Å². The largest absolute Gasteiger partial charge is 0.421 e. The SMILES string of the molecule is O=C1OC(c2ccc3ccccc3c2)=N/C1=C\c1cc(Br)c(OC(=O)c2ccccc2)c(Br)c1. The van der Waals surface area contributed by atoms with Crippen molar-refractivity contribution in [1.29, 1.82) is 0 Å². The Bertz CT molecular complexity index is 1490. The van der Waals surface area contributed by atoms with Crippen LogP contribution in [-0.2, 0) is 9.53 Å². The number of carbonyl (C=O) groups is 2. The molecule has 0 amide bonds. The number of rotatable bonds is 4. The van der Waals surface area contributed by atoms with E-state index < -0.39 is 11.9 Å². The molecule has 0 spiro atoms. The average Bonchev–Trinajstić information content (AvgIpc) is 3.21. The zero-order valence-corrected chi connectivity index (χ0v) is 20.7. The van der Waals surface area contributed by atoms with E-state index in [0.29, 0.717) is 25.8 Å². The van der Waals surface area contributed by atoms with Crippen molar-refractivity contribution in [3.63, 3.8) is 0 Å². The Balaban J connectivity index is 1.41. The van der Waals surface area contributed by atoms with Gasteiger partial charge in [-0.2, -0.15) is 0 Å². The third kappa shape index (κ3) is 4.58. The van der Waals surface area contributed by atoms with Crippen LogP contribution >= 0.6 is 31.9 Å². The second-order valence-electron chi connectivity index (χ2n) is 7.47. The standard InChI is InChI=1S/C27H15Br2NO4/c28-21-12-16(13-22(29)24(21)33-26(31)18-7-2-1-3-8-18)14-23-27(32)34-25(30-23)20-11-10-17-6-4-5-9-19(17)15-20/h1-15H/b23-14-. The molecular weight excluding hydrogens is 562 g/mol. The summed E-state index contributed by atoms with van der Waals surface area (Å²) in [6, 6.07) is 25.9. The lowest BCUT2D eigenvalue weighted by molar-refractivity contribution is -0.129. The van der Waals surface area contributed by atoms with Crippen molar-refractivity contribution >= 4 is 66.5 Å². The minimum atomic E-state index is -0.532. The highest BCUT2D eigenvalue weighted by atomic mass is 79.9. The van der Waals surface area contributed by atoms with Crippen LogP contribution in [0.1, 0.15) is 21.5 Å². The summed E-state index contributed by atoms with van der Waals surface area (Å²) in [5.74, 6) is -0.411. The van der Waals surface area contributed by atoms with Crippen LogP contribution in [0.3, 0.4) is 0 Å². The molecule has 0 saturated heterocycles. The minimum Gasteiger partial charge on any atom is -0.421 e. The lowest BCUT2D eigenvalue weighted by atomic mass is 10.1. The predicted molar refractivity (Wildman–Crippen MR) is 138 cm³/mol. The summed E-state index contributed by atoms with van der Waals surface area (Å²) >= 11 is 6.89. The molecule has 0 aromatic heterocycles. The molecular formula is C27H15Br2NO4. The smallest absolute Gasteiger partial charge is 0.363 e. The highest BCUT2D eigenvalue weighted by molar-refractivity contribution is 9.11. The zero-order chi connectivity index (χ0) is 23.7. The van der Waals surface area contributed by atoms with Gasteiger partial charge >= 0.3 is 11.9 Å². The number of fused-ring (bicyclic) bond motifs is 1. The second-order valence-corrected chi connectivity index (χ2v) is 9.18. The third-order valence-corrected chi connectivity index (χ3v) is 6.32. The summed E-state index contributed by atoms with van der Waals surface area (Å²) in [5, 5.41) is 2.12. The molecule has 7 heteroatoms. The number of hydrogen-bond donors (Lipinski definition) is 0. The number of nitrogens with zero attached hydrogens (tertiary/aromatic N) is 1. The van der Waals surface area contributed by atoms with Gasteiger partial charge in [0.1, 0.15) is 0 Å². The Morgan fingerprint density at radius 2 is 1.53 bits per heavy atom. The maximum Gasteiger partial charge on any atom is 0.363 e. The van der Waals surface area contributed by atoms with Crippen molar-refractivity contribution in [2.45, 2.75) is 0 Å². The van der Waals surface area contributed by atoms with Gasteiger partial charge < -0.3 is 9.47 Å². The lowest BCUT2D eigenvalue weighted by Crippen LogP contribution is -2.09. The molecule has 0 N–H and O–H groups in total. The van der Waals surface area contributed by atoms with Crippen molar-refractivity contribution < 1.29 is 19.1 Å². The van der Waals surface area contributed by atoms with E-state index in [1.165, 1.54) is 0 Å². The predicted octanol–water partition coefficient (Wildman–Crippen LogP) is 6.93. The molecule has 0 atom stereocenters. The Morgan fingerprint density at radius 3 is 2.26 bits per heavy atom. The monoisotopic (exact) mass is 575 g/mol. The molecule has 5 nitrogen and oxygen atoms in total. The Labute approximate surface area is 212 Å². The van der Waals surface area contributed by atoms with Crippen molar-refractivity contribution in [1.82, 2.24) is 0 Å². The van der Waals surface area contributed by atoms with E-state index in [4.69, 9.17) is 9.47 Å². The Kier molecular flexibility index (Phi) is 6.13. The van der Waals surface area contributed by atoms with Gasteiger partial charge in [-0.25, -0.2) is 14.6 Å². The molecule has 4 aromatic carbocycles. The number of carbonyl (C=O) groups excluding carboxylic acids is 2. The van der Waals surface area contributed by atoms with E-state index in [-0.39, 0.29) is 11.6 Å². The number of ether oxygens (including phenoxy) is 2. The first-order chi connectivity index (χ1) is 16.5. The fourth-order valence-corrected chi connectivity index (χ4v) is 4.88. The zero-order valence-electron chi connectivity index (χ0n) is 17.5. The van der Waals surface area contributed by atoms with Crippen molar-refractivity contribution in [2.75, 3.05) is 0 Å². The molecule has 166 valence electrons. The van der Waals surface area contributed by atoms with Crippen LogP contribution in [0.4, 0.5) is 0 Å². The van der Waals surface area contributed by atoms with Crippen LogP contribution in [0.25, 0.3) is 16.8 Å². The number of hydrogen-bond acceptors (Lipinski definition) is 5. The Hall–Kier alpha value is -3.55. The average molecular weight is 577 g/mol. The normalized spacial score (nSPS) is 14.2. The number of cyclic esters (lactones) is 1. The number of halogens is 2. The summed E-state index contributed by atoms with van der Waals surface area (Å²) in [6.07, 6.45) is 1.62. The highest BCUT2D eigenvalue weighted by Crippen LogP contribution is 2.36. The van der Waals surface area contributed by atoms with Gasteiger partial charge in [-0.3, -0.25) is 0 Å². The topological polar surface area (TPSA) is 65.0 Å². The van der Waals surface area contributed by atoms with Gasteiger partial charge in [-0.05, 0) is 90.7 Å². The van der Waals surface area contributed by atoms with E-state index in [2.05, 4.69) is 36.9 Å². The van der Waals surface area contributed by atoms with Gasteiger partial charge in [0, 0.05) is 5.56 Å². The van der Waals surface area contributed by atoms with E-state index in [0.717, 1.165) is 16.3 Å². The van der Waals surface area contributed by atoms with E-state index in [9.17, 15) is 9.59 Å². The van der Waals surface area contributed by atoms with Gasteiger partial charge in [0.05, 0.1) is 14.5 Å². The first kappa shape index (κ1) is 22.3. The van der Waals surface area contributed by atoms with Crippen LogP contribution < -0.4 is 4.74 Å². The van der Waals surface area contributed by atoms with Gasteiger partial charge in [-0.1, -0.05) is 48.5 Å². The molecule has 1 aliphatic heterocycles. The lowest BCUT2D eigenvalue weighted by Gasteiger charge is -2.10.